The Labute approximate surface area is 119 Å². The highest BCUT2D eigenvalue weighted by molar-refractivity contribution is 5.85. The second-order valence-corrected chi connectivity index (χ2v) is 5.12. The molecule has 2 aromatic rings. The number of hydrogen-bond donors (Lipinski definition) is 1. The predicted octanol–water partition coefficient (Wildman–Crippen LogP) is 2.70. The molecule has 0 aliphatic carbocycles. The van der Waals surface area contributed by atoms with Gasteiger partial charge in [-0.2, -0.15) is 0 Å². The first-order chi connectivity index (χ1) is 9.61. The van der Waals surface area contributed by atoms with Crippen LogP contribution in [0, 0.1) is 0 Å². The maximum atomic E-state index is 11.8. The van der Waals surface area contributed by atoms with Crippen molar-refractivity contribution in [1.82, 2.24) is 9.88 Å². The second-order valence-electron chi connectivity index (χ2n) is 5.12. The summed E-state index contributed by atoms with van der Waals surface area (Å²) in [5.74, 6) is -0.198. The Morgan fingerprint density at radius 2 is 2.15 bits per heavy atom. The number of aromatic nitrogens is 1. The van der Waals surface area contributed by atoms with E-state index >= 15 is 0 Å². The van der Waals surface area contributed by atoms with Crippen molar-refractivity contribution < 1.29 is 9.53 Å². The summed E-state index contributed by atoms with van der Waals surface area (Å²) in [6.45, 7) is 7.79. The van der Waals surface area contributed by atoms with Gasteiger partial charge >= 0.3 is 5.97 Å². The number of esters is 1. The molecule has 0 aliphatic heterocycles. The van der Waals surface area contributed by atoms with Gasteiger partial charge in [0.15, 0.2) is 0 Å². The number of fused-ring (bicyclic) bond motifs is 1. The van der Waals surface area contributed by atoms with Gasteiger partial charge in [0.1, 0.15) is 6.54 Å². The summed E-state index contributed by atoms with van der Waals surface area (Å²) in [5, 5.41) is 4.48. The molecule has 1 heterocycles. The first kappa shape index (κ1) is 14.6. The van der Waals surface area contributed by atoms with Gasteiger partial charge in [0, 0.05) is 12.7 Å². The molecule has 4 nitrogen and oxygen atoms in total. The SMILES string of the molecule is CCNCc1cccc2ccn(CC(=O)OC(C)C)c12. The van der Waals surface area contributed by atoms with Crippen LogP contribution in [0.1, 0.15) is 26.3 Å². The van der Waals surface area contributed by atoms with Crippen LogP contribution in [-0.2, 0) is 22.6 Å². The quantitative estimate of drug-likeness (QED) is 0.824. The Morgan fingerprint density at radius 3 is 2.85 bits per heavy atom. The minimum atomic E-state index is -0.198. The van der Waals surface area contributed by atoms with Gasteiger partial charge in [-0.3, -0.25) is 4.79 Å². The van der Waals surface area contributed by atoms with Gasteiger partial charge in [-0.1, -0.05) is 25.1 Å². The number of para-hydroxylation sites is 1. The Balaban J connectivity index is 2.27. The van der Waals surface area contributed by atoms with E-state index in [9.17, 15) is 4.79 Å². The minimum absolute atomic E-state index is 0.0782. The molecular formula is C16H22N2O2. The zero-order chi connectivity index (χ0) is 14.5. The third-order valence-corrected chi connectivity index (χ3v) is 3.10. The second kappa shape index (κ2) is 6.57. The van der Waals surface area contributed by atoms with E-state index < -0.39 is 0 Å². The smallest absolute Gasteiger partial charge is 0.326 e. The van der Waals surface area contributed by atoms with Gasteiger partial charge in [0.25, 0.3) is 0 Å². The van der Waals surface area contributed by atoms with Crippen molar-refractivity contribution in [1.29, 1.82) is 0 Å². The maximum Gasteiger partial charge on any atom is 0.326 e. The lowest BCUT2D eigenvalue weighted by Gasteiger charge is -2.12. The van der Waals surface area contributed by atoms with Crippen molar-refractivity contribution in [2.45, 2.75) is 40.0 Å². The highest BCUT2D eigenvalue weighted by Gasteiger charge is 2.11. The molecule has 0 bridgehead atoms. The number of carbonyl (C=O) groups is 1. The van der Waals surface area contributed by atoms with Crippen LogP contribution in [0.5, 0.6) is 0 Å². The molecule has 0 radical (unpaired) electrons. The number of ether oxygens (including phenoxy) is 1. The summed E-state index contributed by atoms with van der Waals surface area (Å²) in [6.07, 6.45) is 1.87. The monoisotopic (exact) mass is 274 g/mol. The molecule has 0 saturated heterocycles. The van der Waals surface area contributed by atoms with Crippen LogP contribution >= 0.6 is 0 Å². The zero-order valence-corrected chi connectivity index (χ0v) is 12.3. The van der Waals surface area contributed by atoms with Crippen LogP contribution in [0.3, 0.4) is 0 Å². The van der Waals surface area contributed by atoms with E-state index in [2.05, 4.69) is 24.4 Å². The Morgan fingerprint density at radius 1 is 1.35 bits per heavy atom. The predicted molar refractivity (Wildman–Crippen MR) is 80.5 cm³/mol. The number of nitrogens with one attached hydrogen (secondary N) is 1. The highest BCUT2D eigenvalue weighted by atomic mass is 16.5. The van der Waals surface area contributed by atoms with Crippen molar-refractivity contribution in [3.63, 3.8) is 0 Å². The third kappa shape index (κ3) is 3.39. The Kier molecular flexibility index (Phi) is 4.79. The van der Waals surface area contributed by atoms with Crippen molar-refractivity contribution >= 4 is 16.9 Å². The lowest BCUT2D eigenvalue weighted by molar-refractivity contribution is -0.148. The molecule has 0 atom stereocenters. The summed E-state index contributed by atoms with van der Waals surface area (Å²) in [5.41, 5.74) is 2.31. The molecule has 20 heavy (non-hydrogen) atoms. The molecule has 1 aromatic carbocycles. The van der Waals surface area contributed by atoms with E-state index in [-0.39, 0.29) is 18.6 Å². The standard InChI is InChI=1S/C16H22N2O2/c1-4-17-10-14-7-5-6-13-8-9-18(16(13)14)11-15(19)20-12(2)3/h5-9,12,17H,4,10-11H2,1-3H3. The average molecular weight is 274 g/mol. The summed E-state index contributed by atoms with van der Waals surface area (Å²) in [6, 6.07) is 8.24. The zero-order valence-electron chi connectivity index (χ0n) is 12.3. The van der Waals surface area contributed by atoms with Crippen LogP contribution in [0.2, 0.25) is 0 Å². The Bertz CT molecular complexity index is 587. The van der Waals surface area contributed by atoms with Gasteiger partial charge in [0.05, 0.1) is 11.6 Å². The van der Waals surface area contributed by atoms with Crippen LogP contribution in [0.15, 0.2) is 30.5 Å². The van der Waals surface area contributed by atoms with Gasteiger partial charge < -0.3 is 14.6 Å². The van der Waals surface area contributed by atoms with E-state index in [1.165, 1.54) is 5.56 Å². The van der Waals surface area contributed by atoms with E-state index in [0.717, 1.165) is 24.0 Å². The first-order valence-electron chi connectivity index (χ1n) is 7.08. The average Bonchev–Trinajstić information content (AvgIpc) is 2.79. The molecule has 0 spiro atoms. The molecule has 0 unspecified atom stereocenters. The molecule has 4 heteroatoms. The van der Waals surface area contributed by atoms with Crippen molar-refractivity contribution in [3.8, 4) is 0 Å². The minimum Gasteiger partial charge on any atom is -0.462 e. The Hall–Kier alpha value is -1.81. The summed E-state index contributed by atoms with van der Waals surface area (Å²) >= 11 is 0. The molecule has 0 aliphatic rings. The van der Waals surface area contributed by atoms with Crippen LogP contribution in [0.25, 0.3) is 10.9 Å². The van der Waals surface area contributed by atoms with Crippen molar-refractivity contribution in [2.75, 3.05) is 6.54 Å². The molecular weight excluding hydrogens is 252 g/mol. The number of rotatable bonds is 6. The fraction of sp³-hybridized carbons (Fsp3) is 0.438. The molecule has 0 saturated carbocycles. The van der Waals surface area contributed by atoms with Gasteiger partial charge in [0.2, 0.25) is 0 Å². The maximum absolute atomic E-state index is 11.8. The fourth-order valence-electron chi connectivity index (χ4n) is 2.31. The third-order valence-electron chi connectivity index (χ3n) is 3.10. The van der Waals surface area contributed by atoms with Crippen molar-refractivity contribution in [3.05, 3.63) is 36.0 Å². The van der Waals surface area contributed by atoms with Gasteiger partial charge in [-0.05, 0) is 37.4 Å². The first-order valence-corrected chi connectivity index (χ1v) is 7.08. The molecule has 0 fully saturated rings. The number of nitrogens with zero attached hydrogens (tertiary/aromatic N) is 1. The van der Waals surface area contributed by atoms with Gasteiger partial charge in [-0.15, -0.1) is 0 Å². The van der Waals surface area contributed by atoms with E-state index in [1.807, 2.05) is 36.7 Å². The number of hydrogen-bond acceptors (Lipinski definition) is 3. The van der Waals surface area contributed by atoms with Crippen LogP contribution in [-0.4, -0.2) is 23.2 Å². The highest BCUT2D eigenvalue weighted by Crippen LogP contribution is 2.20. The fourth-order valence-corrected chi connectivity index (χ4v) is 2.31. The topological polar surface area (TPSA) is 43.3 Å². The summed E-state index contributed by atoms with van der Waals surface area (Å²) in [4.78, 5) is 11.8. The molecule has 0 amide bonds. The van der Waals surface area contributed by atoms with E-state index in [0.29, 0.717) is 0 Å². The molecule has 1 aromatic heterocycles. The lowest BCUT2D eigenvalue weighted by Crippen LogP contribution is -2.18. The van der Waals surface area contributed by atoms with Crippen LogP contribution in [0.4, 0.5) is 0 Å². The molecule has 2 rings (SSSR count). The largest absolute Gasteiger partial charge is 0.462 e. The van der Waals surface area contributed by atoms with Crippen molar-refractivity contribution in [2.24, 2.45) is 0 Å². The normalized spacial score (nSPS) is 11.2. The van der Waals surface area contributed by atoms with E-state index in [4.69, 9.17) is 4.74 Å². The number of carbonyl (C=O) groups excluding carboxylic acids is 1. The lowest BCUT2D eigenvalue weighted by atomic mass is 10.1. The number of benzene rings is 1. The van der Waals surface area contributed by atoms with Gasteiger partial charge in [-0.25, -0.2) is 0 Å². The van der Waals surface area contributed by atoms with Crippen LogP contribution < -0.4 is 5.32 Å². The molecule has 1 N–H and O–H groups in total. The molecule has 108 valence electrons. The van der Waals surface area contributed by atoms with E-state index in [1.54, 1.807) is 0 Å². The summed E-state index contributed by atoms with van der Waals surface area (Å²) in [7, 11) is 0. The summed E-state index contributed by atoms with van der Waals surface area (Å²) < 4.78 is 7.18.